The number of sulfonamides is 1. The highest BCUT2D eigenvalue weighted by atomic mass is 32.2. The highest BCUT2D eigenvalue weighted by Gasteiger charge is 2.40. The fraction of sp³-hybridized carbons (Fsp3) is 0.360. The Bertz CT molecular complexity index is 1420. The number of nitrogens with zero attached hydrogens (tertiary/aromatic N) is 5. The van der Waals surface area contributed by atoms with Crippen LogP contribution in [-0.2, 0) is 17.1 Å². The fourth-order valence-electron chi connectivity index (χ4n) is 5.00. The van der Waals surface area contributed by atoms with Crippen LogP contribution in [0.2, 0.25) is 0 Å². The van der Waals surface area contributed by atoms with Crippen molar-refractivity contribution in [2.24, 2.45) is 7.05 Å². The lowest BCUT2D eigenvalue weighted by Gasteiger charge is -2.31. The second-order valence-electron chi connectivity index (χ2n) is 8.80. The van der Waals surface area contributed by atoms with Gasteiger partial charge in [-0.25, -0.2) is 13.4 Å². The van der Waals surface area contributed by atoms with Gasteiger partial charge in [-0.2, -0.15) is 9.57 Å². The second kappa shape index (κ2) is 8.87. The molecule has 1 N–H and O–H groups in total. The number of para-hydroxylation sites is 2. The van der Waals surface area contributed by atoms with Crippen molar-refractivity contribution in [3.05, 3.63) is 65.5 Å². The molecule has 1 unspecified atom stereocenters. The van der Waals surface area contributed by atoms with Crippen LogP contribution in [0.25, 0.3) is 11.0 Å². The molecular formula is C25H27N5O3S. The maximum absolute atomic E-state index is 14.1. The van der Waals surface area contributed by atoms with E-state index in [2.05, 4.69) is 6.07 Å². The third-order valence-electron chi connectivity index (χ3n) is 6.85. The second-order valence-corrected chi connectivity index (χ2v) is 10.7. The molecule has 1 aromatic heterocycles. The Hall–Kier alpha value is -3.19. The quantitative estimate of drug-likeness (QED) is 0.567. The Kier molecular flexibility index (Phi) is 5.90. The van der Waals surface area contributed by atoms with E-state index in [9.17, 15) is 18.8 Å². The average Bonchev–Trinajstić information content (AvgIpc) is 3.49. The Morgan fingerprint density at radius 2 is 2.03 bits per heavy atom. The summed E-state index contributed by atoms with van der Waals surface area (Å²) in [6.45, 7) is 1.54. The molecule has 3 heterocycles. The molecule has 2 aliphatic heterocycles. The summed E-state index contributed by atoms with van der Waals surface area (Å²) in [4.78, 5) is 6.92. The number of rotatable bonds is 5. The molecular weight excluding hydrogens is 450 g/mol. The summed E-state index contributed by atoms with van der Waals surface area (Å²) in [5, 5.41) is 18.9. The number of benzene rings is 2. The molecule has 3 aromatic rings. The number of imidazole rings is 1. The van der Waals surface area contributed by atoms with Crippen LogP contribution in [0.4, 0.5) is 5.69 Å². The summed E-state index contributed by atoms with van der Waals surface area (Å²) in [6.07, 6.45) is 4.04. The van der Waals surface area contributed by atoms with Gasteiger partial charge >= 0.3 is 0 Å². The lowest BCUT2D eigenvalue weighted by molar-refractivity contribution is 0.325. The van der Waals surface area contributed by atoms with Crippen molar-refractivity contribution in [2.75, 3.05) is 31.1 Å². The van der Waals surface area contributed by atoms with Crippen molar-refractivity contribution in [2.45, 2.75) is 30.2 Å². The number of nitriles is 1. The lowest BCUT2D eigenvalue weighted by atomic mass is 10.1. The van der Waals surface area contributed by atoms with Crippen LogP contribution < -0.4 is 4.90 Å². The molecule has 2 aliphatic rings. The predicted molar refractivity (Wildman–Crippen MR) is 130 cm³/mol. The molecule has 1 fully saturated rings. The third-order valence-corrected chi connectivity index (χ3v) is 8.78. The van der Waals surface area contributed by atoms with Crippen LogP contribution >= 0.6 is 0 Å². The summed E-state index contributed by atoms with van der Waals surface area (Å²) in [5.41, 5.74) is 3.66. The molecule has 8 nitrogen and oxygen atoms in total. The van der Waals surface area contributed by atoms with Gasteiger partial charge in [-0.05, 0) is 55.2 Å². The van der Waals surface area contributed by atoms with Crippen molar-refractivity contribution >= 4 is 26.7 Å². The Morgan fingerprint density at radius 1 is 1.21 bits per heavy atom. The van der Waals surface area contributed by atoms with Crippen molar-refractivity contribution < 1.29 is 13.5 Å². The minimum absolute atomic E-state index is 0.0137. The van der Waals surface area contributed by atoms with Crippen molar-refractivity contribution in [1.82, 2.24) is 13.9 Å². The summed E-state index contributed by atoms with van der Waals surface area (Å²) >= 11 is 0. The normalized spacial score (nSPS) is 19.4. The highest BCUT2D eigenvalue weighted by molar-refractivity contribution is 7.89. The Morgan fingerprint density at radius 3 is 2.74 bits per heavy atom. The Balaban J connectivity index is 1.57. The van der Waals surface area contributed by atoms with Crippen LogP contribution in [-0.4, -0.2) is 53.6 Å². The summed E-state index contributed by atoms with van der Waals surface area (Å²) in [7, 11) is -1.98. The first-order chi connectivity index (χ1) is 16.4. The summed E-state index contributed by atoms with van der Waals surface area (Å²) < 4.78 is 31.7. The van der Waals surface area contributed by atoms with E-state index < -0.39 is 10.0 Å². The Labute approximate surface area is 199 Å². The van der Waals surface area contributed by atoms with Crippen LogP contribution in [0.3, 0.4) is 0 Å². The first-order valence-corrected chi connectivity index (χ1v) is 12.9. The van der Waals surface area contributed by atoms with Gasteiger partial charge in [-0.3, -0.25) is 0 Å². The van der Waals surface area contributed by atoms with E-state index in [4.69, 9.17) is 4.98 Å². The van der Waals surface area contributed by atoms with E-state index in [0.717, 1.165) is 28.9 Å². The number of aliphatic hydroxyl groups is 1. The van der Waals surface area contributed by atoms with Crippen LogP contribution in [0.1, 0.15) is 36.7 Å². The van der Waals surface area contributed by atoms with E-state index in [1.807, 2.05) is 46.9 Å². The molecule has 0 aliphatic carbocycles. The van der Waals surface area contributed by atoms with Gasteiger partial charge in [-0.15, -0.1) is 0 Å². The van der Waals surface area contributed by atoms with E-state index >= 15 is 0 Å². The van der Waals surface area contributed by atoms with Crippen molar-refractivity contribution in [3.63, 3.8) is 0 Å². The van der Waals surface area contributed by atoms with Crippen LogP contribution in [0, 0.1) is 11.3 Å². The van der Waals surface area contributed by atoms with E-state index in [0.29, 0.717) is 43.7 Å². The molecule has 2 aromatic carbocycles. The number of aromatic nitrogens is 2. The standard InChI is InChI=1S/C25H27N5O3S/c1-28-21-6-3-2-5-20(21)27-25(28)23-7-4-12-30(23)34(32,33)24-15-19(16-26)8-9-22(24)29-13-10-18(17-31)11-14-29/h2-3,5-6,8-10,15,23,31H,4,7,11-14,17H2,1H3. The number of hydrogen-bond donors (Lipinski definition) is 1. The van der Waals surface area contributed by atoms with Crippen LogP contribution in [0.15, 0.2) is 59.0 Å². The molecule has 1 atom stereocenters. The molecule has 1 saturated heterocycles. The number of fused-ring (bicyclic) bond motifs is 1. The minimum Gasteiger partial charge on any atom is -0.392 e. The van der Waals surface area contributed by atoms with Crippen LogP contribution in [0.5, 0.6) is 0 Å². The van der Waals surface area contributed by atoms with Gasteiger partial charge in [-0.1, -0.05) is 18.2 Å². The molecule has 0 bridgehead atoms. The first kappa shape index (κ1) is 22.6. The molecule has 176 valence electrons. The largest absolute Gasteiger partial charge is 0.392 e. The number of hydrogen-bond acceptors (Lipinski definition) is 6. The van der Waals surface area contributed by atoms with Gasteiger partial charge in [0, 0.05) is 26.7 Å². The molecule has 5 rings (SSSR count). The topological polar surface area (TPSA) is 102 Å². The molecule has 0 saturated carbocycles. The SMILES string of the molecule is Cn1c(C2CCCN2S(=O)(=O)c2cc(C#N)ccc2N2CC=C(CO)CC2)nc2ccccc21. The maximum Gasteiger partial charge on any atom is 0.245 e. The van der Waals surface area contributed by atoms with Crippen molar-refractivity contribution in [3.8, 4) is 6.07 Å². The lowest BCUT2D eigenvalue weighted by Crippen LogP contribution is -2.35. The van der Waals surface area contributed by atoms with Gasteiger partial charge in [0.15, 0.2) is 0 Å². The highest BCUT2D eigenvalue weighted by Crippen LogP contribution is 2.40. The van der Waals surface area contributed by atoms with E-state index in [-0.39, 0.29) is 17.5 Å². The summed E-state index contributed by atoms with van der Waals surface area (Å²) in [5.74, 6) is 0.730. The van der Waals surface area contributed by atoms with Gasteiger partial charge in [0.05, 0.1) is 41.0 Å². The van der Waals surface area contributed by atoms with Crippen molar-refractivity contribution in [1.29, 1.82) is 5.26 Å². The fourth-order valence-corrected chi connectivity index (χ4v) is 6.89. The van der Waals surface area contributed by atoms with E-state index in [1.165, 1.54) is 6.07 Å². The van der Waals surface area contributed by atoms with Gasteiger partial charge in [0.25, 0.3) is 0 Å². The summed E-state index contributed by atoms with van der Waals surface area (Å²) in [6, 6.07) is 14.4. The van der Waals surface area contributed by atoms with Gasteiger partial charge < -0.3 is 14.6 Å². The third kappa shape index (κ3) is 3.78. The monoisotopic (exact) mass is 477 g/mol. The average molecular weight is 478 g/mol. The van der Waals surface area contributed by atoms with Gasteiger partial charge in [0.2, 0.25) is 10.0 Å². The zero-order chi connectivity index (χ0) is 23.9. The van der Waals surface area contributed by atoms with Gasteiger partial charge in [0.1, 0.15) is 10.7 Å². The number of aliphatic hydroxyl groups excluding tert-OH is 1. The zero-order valence-electron chi connectivity index (χ0n) is 19.1. The molecule has 0 amide bonds. The number of anilines is 1. The molecule has 34 heavy (non-hydrogen) atoms. The first-order valence-electron chi connectivity index (χ1n) is 11.4. The molecule has 9 heteroatoms. The zero-order valence-corrected chi connectivity index (χ0v) is 19.9. The smallest absolute Gasteiger partial charge is 0.245 e. The molecule has 0 spiro atoms. The van der Waals surface area contributed by atoms with E-state index in [1.54, 1.807) is 16.4 Å². The minimum atomic E-state index is -3.90. The predicted octanol–water partition coefficient (Wildman–Crippen LogP) is 3.10. The number of aryl methyl sites for hydroxylation is 1. The molecule has 0 radical (unpaired) electrons. The maximum atomic E-state index is 14.1.